The lowest BCUT2D eigenvalue weighted by molar-refractivity contribution is -0.128. The quantitative estimate of drug-likeness (QED) is 0.661. The number of halogens is 1. The zero-order valence-electron chi connectivity index (χ0n) is 17.1. The van der Waals surface area contributed by atoms with E-state index < -0.39 is 15.6 Å². The number of rotatable bonds is 8. The average molecular weight is 432 g/mol. The molecule has 0 bridgehead atoms. The summed E-state index contributed by atoms with van der Waals surface area (Å²) < 4.78 is 27.0. The molecule has 0 saturated carbocycles. The minimum Gasteiger partial charge on any atom is -0.349 e. The zero-order valence-corrected chi connectivity index (χ0v) is 18.7. The number of nitrogens with two attached hydrogens (primary N) is 1. The molecule has 0 spiro atoms. The Hall–Kier alpha value is -1.15. The predicted octanol–water partition coefficient (Wildman–Crippen LogP) is 2.53. The van der Waals surface area contributed by atoms with Gasteiger partial charge in [0.2, 0.25) is 15.9 Å². The second-order valence-electron chi connectivity index (χ2n) is 8.29. The third-order valence-corrected chi connectivity index (χ3v) is 6.89. The summed E-state index contributed by atoms with van der Waals surface area (Å²) >= 11 is 0. The molecule has 2 rings (SSSR count). The fourth-order valence-corrected chi connectivity index (χ4v) is 5.38. The number of sulfonamides is 1. The van der Waals surface area contributed by atoms with Gasteiger partial charge in [0.15, 0.2) is 0 Å². The van der Waals surface area contributed by atoms with E-state index in [4.69, 9.17) is 5.73 Å². The van der Waals surface area contributed by atoms with Gasteiger partial charge >= 0.3 is 0 Å². The van der Waals surface area contributed by atoms with Gasteiger partial charge in [0.25, 0.3) is 0 Å². The van der Waals surface area contributed by atoms with Crippen molar-refractivity contribution < 1.29 is 13.2 Å². The second-order valence-corrected chi connectivity index (χ2v) is 10.3. The summed E-state index contributed by atoms with van der Waals surface area (Å²) in [6.45, 7) is 7.22. The van der Waals surface area contributed by atoms with Crippen LogP contribution < -0.4 is 11.1 Å². The molecule has 1 aromatic rings. The number of carbonyl (C=O) groups is 1. The van der Waals surface area contributed by atoms with Crippen LogP contribution in [0.2, 0.25) is 0 Å². The molecular weight excluding hydrogens is 398 g/mol. The smallest absolute Gasteiger partial charge is 0.224 e. The SMILES string of the molecule is CC(C)CC(C)(CN)NC(=O)C1CCCN(S(=O)(=O)Cc2ccccc2)C1.Cl. The van der Waals surface area contributed by atoms with E-state index in [2.05, 4.69) is 19.2 Å². The lowest BCUT2D eigenvalue weighted by Crippen LogP contribution is -2.55. The van der Waals surface area contributed by atoms with Crippen LogP contribution in [0.4, 0.5) is 0 Å². The van der Waals surface area contributed by atoms with E-state index in [1.54, 1.807) is 0 Å². The van der Waals surface area contributed by atoms with Gasteiger partial charge in [0, 0.05) is 25.2 Å². The van der Waals surface area contributed by atoms with Crippen LogP contribution in [0.15, 0.2) is 30.3 Å². The van der Waals surface area contributed by atoms with E-state index in [0.717, 1.165) is 12.0 Å². The third-order valence-electron chi connectivity index (χ3n) is 5.07. The van der Waals surface area contributed by atoms with E-state index in [9.17, 15) is 13.2 Å². The Morgan fingerprint density at radius 2 is 1.96 bits per heavy atom. The van der Waals surface area contributed by atoms with Crippen LogP contribution >= 0.6 is 12.4 Å². The Bertz CT molecular complexity index is 727. The molecule has 1 heterocycles. The van der Waals surface area contributed by atoms with Crippen molar-refractivity contribution in [1.29, 1.82) is 0 Å². The first kappa shape index (κ1) is 24.9. The second kappa shape index (κ2) is 10.6. The average Bonchev–Trinajstić information content (AvgIpc) is 2.61. The van der Waals surface area contributed by atoms with Crippen LogP contribution in [0, 0.1) is 11.8 Å². The van der Waals surface area contributed by atoms with E-state index >= 15 is 0 Å². The van der Waals surface area contributed by atoms with Crippen molar-refractivity contribution in [3.05, 3.63) is 35.9 Å². The van der Waals surface area contributed by atoms with Crippen molar-refractivity contribution >= 4 is 28.3 Å². The van der Waals surface area contributed by atoms with Crippen molar-refractivity contribution in [2.45, 2.75) is 51.3 Å². The molecule has 1 saturated heterocycles. The molecule has 1 amide bonds. The predicted molar refractivity (Wildman–Crippen MR) is 116 cm³/mol. The number of amides is 1. The van der Waals surface area contributed by atoms with Crippen LogP contribution in [0.5, 0.6) is 0 Å². The summed E-state index contributed by atoms with van der Waals surface area (Å²) in [6, 6.07) is 9.15. The highest BCUT2D eigenvalue weighted by molar-refractivity contribution is 7.88. The first-order valence-corrected chi connectivity index (χ1v) is 11.3. The number of nitrogens with zero attached hydrogens (tertiary/aromatic N) is 1. The van der Waals surface area contributed by atoms with Crippen LogP contribution in [-0.2, 0) is 20.6 Å². The summed E-state index contributed by atoms with van der Waals surface area (Å²) in [7, 11) is -3.44. The van der Waals surface area contributed by atoms with Crippen molar-refractivity contribution in [2.75, 3.05) is 19.6 Å². The van der Waals surface area contributed by atoms with Crippen molar-refractivity contribution in [2.24, 2.45) is 17.6 Å². The van der Waals surface area contributed by atoms with Gasteiger partial charge in [-0.05, 0) is 37.7 Å². The maximum Gasteiger partial charge on any atom is 0.224 e. The number of hydrogen-bond acceptors (Lipinski definition) is 4. The van der Waals surface area contributed by atoms with Gasteiger partial charge in [-0.3, -0.25) is 4.79 Å². The molecule has 160 valence electrons. The Balaban J connectivity index is 0.00000392. The van der Waals surface area contributed by atoms with Crippen LogP contribution in [-0.4, -0.2) is 43.8 Å². The summed E-state index contributed by atoms with van der Waals surface area (Å²) in [6.07, 6.45) is 2.18. The molecule has 1 aliphatic rings. The van der Waals surface area contributed by atoms with Gasteiger partial charge in [-0.25, -0.2) is 12.7 Å². The summed E-state index contributed by atoms with van der Waals surface area (Å²) in [5.41, 5.74) is 6.19. The summed E-state index contributed by atoms with van der Waals surface area (Å²) in [4.78, 5) is 12.8. The maximum absolute atomic E-state index is 12.8. The van der Waals surface area contributed by atoms with Gasteiger partial charge in [-0.2, -0.15) is 0 Å². The minimum atomic E-state index is -3.44. The normalized spacial score (nSPS) is 20.2. The highest BCUT2D eigenvalue weighted by Crippen LogP contribution is 2.23. The van der Waals surface area contributed by atoms with Crippen LogP contribution in [0.25, 0.3) is 0 Å². The molecule has 0 radical (unpaired) electrons. The number of benzene rings is 1. The van der Waals surface area contributed by atoms with Crippen LogP contribution in [0.1, 0.15) is 45.6 Å². The largest absolute Gasteiger partial charge is 0.349 e. The molecule has 28 heavy (non-hydrogen) atoms. The van der Waals surface area contributed by atoms with E-state index in [-0.39, 0.29) is 36.5 Å². The summed E-state index contributed by atoms with van der Waals surface area (Å²) in [5, 5.41) is 3.08. The molecule has 3 N–H and O–H groups in total. The monoisotopic (exact) mass is 431 g/mol. The molecule has 8 heteroatoms. The van der Waals surface area contributed by atoms with Gasteiger partial charge in [0.1, 0.15) is 0 Å². The van der Waals surface area contributed by atoms with Crippen molar-refractivity contribution in [3.8, 4) is 0 Å². The Morgan fingerprint density at radius 1 is 1.32 bits per heavy atom. The fraction of sp³-hybridized carbons (Fsp3) is 0.650. The van der Waals surface area contributed by atoms with Crippen molar-refractivity contribution in [3.63, 3.8) is 0 Å². The lowest BCUT2D eigenvalue weighted by Gasteiger charge is -2.36. The molecule has 0 aromatic heterocycles. The fourth-order valence-electron chi connectivity index (χ4n) is 3.77. The highest BCUT2D eigenvalue weighted by Gasteiger charge is 2.35. The van der Waals surface area contributed by atoms with Gasteiger partial charge < -0.3 is 11.1 Å². The summed E-state index contributed by atoms with van der Waals surface area (Å²) in [5.74, 6) is -0.0470. The Morgan fingerprint density at radius 3 is 2.54 bits per heavy atom. The number of carbonyl (C=O) groups excluding carboxylic acids is 1. The van der Waals surface area contributed by atoms with Gasteiger partial charge in [-0.1, -0.05) is 44.2 Å². The van der Waals surface area contributed by atoms with Gasteiger partial charge in [-0.15, -0.1) is 12.4 Å². The van der Waals surface area contributed by atoms with Crippen LogP contribution in [0.3, 0.4) is 0 Å². The minimum absolute atomic E-state index is 0. The lowest BCUT2D eigenvalue weighted by atomic mass is 9.89. The number of nitrogens with one attached hydrogen (secondary N) is 1. The first-order valence-electron chi connectivity index (χ1n) is 9.69. The molecular formula is C20H34ClN3O3S. The first-order chi connectivity index (χ1) is 12.6. The molecule has 1 fully saturated rings. The molecule has 2 unspecified atom stereocenters. The number of hydrogen-bond donors (Lipinski definition) is 2. The molecule has 0 aliphatic carbocycles. The molecule has 6 nitrogen and oxygen atoms in total. The molecule has 1 aromatic carbocycles. The molecule has 2 atom stereocenters. The van der Waals surface area contributed by atoms with E-state index in [1.807, 2.05) is 37.3 Å². The zero-order chi connectivity index (χ0) is 20.1. The Kier molecular flexibility index (Phi) is 9.40. The van der Waals surface area contributed by atoms with Gasteiger partial charge in [0.05, 0.1) is 11.7 Å². The van der Waals surface area contributed by atoms with E-state index in [0.29, 0.717) is 31.8 Å². The maximum atomic E-state index is 12.8. The molecule has 1 aliphatic heterocycles. The third kappa shape index (κ3) is 7.03. The van der Waals surface area contributed by atoms with Crippen molar-refractivity contribution in [1.82, 2.24) is 9.62 Å². The van der Waals surface area contributed by atoms with E-state index in [1.165, 1.54) is 4.31 Å². The topological polar surface area (TPSA) is 92.5 Å². The highest BCUT2D eigenvalue weighted by atomic mass is 35.5. The standard InChI is InChI=1S/C20H33N3O3S.ClH/c1-16(2)12-20(3,15-21)22-19(24)18-10-7-11-23(13-18)27(25,26)14-17-8-5-4-6-9-17;/h4-6,8-9,16,18H,7,10-15,21H2,1-3H3,(H,22,24);1H. The number of piperidine rings is 1. The Labute approximate surface area is 175 Å².